The van der Waals surface area contributed by atoms with Crippen molar-refractivity contribution in [1.82, 2.24) is 9.62 Å². The van der Waals surface area contributed by atoms with E-state index < -0.39 is 10.0 Å². The first-order valence-electron chi connectivity index (χ1n) is 6.35. The number of nitrogens with zero attached hydrogens (tertiary/aromatic N) is 1. The van der Waals surface area contributed by atoms with E-state index in [9.17, 15) is 8.42 Å². The van der Waals surface area contributed by atoms with Crippen molar-refractivity contribution in [3.05, 3.63) is 22.4 Å². The highest BCUT2D eigenvalue weighted by Crippen LogP contribution is 2.16. The summed E-state index contributed by atoms with van der Waals surface area (Å²) in [6.07, 6.45) is 2.05. The summed E-state index contributed by atoms with van der Waals surface area (Å²) in [6.45, 7) is 3.88. The number of hydrogen-bond acceptors (Lipinski definition) is 4. The Morgan fingerprint density at radius 3 is 2.94 bits per heavy atom. The van der Waals surface area contributed by atoms with Gasteiger partial charge in [-0.1, -0.05) is 13.0 Å². The topological polar surface area (TPSA) is 49.4 Å². The zero-order valence-corrected chi connectivity index (χ0v) is 12.3. The molecule has 6 heteroatoms. The lowest BCUT2D eigenvalue weighted by Crippen LogP contribution is -2.39. The summed E-state index contributed by atoms with van der Waals surface area (Å²) in [7, 11) is -3.15. The Balaban J connectivity index is 2.00. The van der Waals surface area contributed by atoms with Gasteiger partial charge in [0.15, 0.2) is 0 Å². The smallest absolute Gasteiger partial charge is 0.215 e. The monoisotopic (exact) mass is 288 g/mol. The van der Waals surface area contributed by atoms with Gasteiger partial charge < -0.3 is 5.32 Å². The molecule has 0 saturated carbocycles. The van der Waals surface area contributed by atoms with Crippen molar-refractivity contribution in [1.29, 1.82) is 0 Å². The molecule has 2 rings (SSSR count). The van der Waals surface area contributed by atoms with E-state index in [2.05, 4.69) is 5.32 Å². The summed E-state index contributed by atoms with van der Waals surface area (Å²) in [5, 5.41) is 5.23. The third-order valence-corrected chi connectivity index (χ3v) is 6.09. The van der Waals surface area contributed by atoms with Crippen LogP contribution in [-0.4, -0.2) is 37.6 Å². The zero-order chi connectivity index (χ0) is 13.0. The van der Waals surface area contributed by atoms with Crippen LogP contribution in [0, 0.1) is 0 Å². The van der Waals surface area contributed by atoms with Gasteiger partial charge in [-0.15, -0.1) is 11.3 Å². The molecule has 0 spiro atoms. The molecule has 0 aromatic carbocycles. The molecule has 18 heavy (non-hydrogen) atoms. The molecule has 4 nitrogen and oxygen atoms in total. The second-order valence-corrected chi connectivity index (χ2v) is 7.62. The molecule has 1 fully saturated rings. The van der Waals surface area contributed by atoms with Crippen LogP contribution in [-0.2, 0) is 16.6 Å². The van der Waals surface area contributed by atoms with Crippen LogP contribution in [0.4, 0.5) is 0 Å². The van der Waals surface area contributed by atoms with Crippen LogP contribution in [0.25, 0.3) is 0 Å². The van der Waals surface area contributed by atoms with Crippen LogP contribution in [0.2, 0.25) is 0 Å². The second kappa shape index (κ2) is 6.14. The van der Waals surface area contributed by atoms with E-state index in [4.69, 9.17) is 0 Å². The minimum Gasteiger partial charge on any atom is -0.313 e. The van der Waals surface area contributed by atoms with Crippen molar-refractivity contribution in [2.45, 2.75) is 32.4 Å². The molecule has 1 aliphatic heterocycles. The largest absolute Gasteiger partial charge is 0.313 e. The van der Waals surface area contributed by atoms with Gasteiger partial charge in [-0.25, -0.2) is 8.42 Å². The van der Waals surface area contributed by atoms with E-state index in [1.54, 1.807) is 15.6 Å². The van der Waals surface area contributed by atoms with Crippen molar-refractivity contribution in [3.63, 3.8) is 0 Å². The SMILES string of the molecule is CCN(Cc1cccs1)S(=O)(=O)CC1CCCN1. The van der Waals surface area contributed by atoms with Gasteiger partial charge in [0.1, 0.15) is 0 Å². The fourth-order valence-electron chi connectivity index (χ4n) is 2.24. The highest BCUT2D eigenvalue weighted by atomic mass is 32.2. The van der Waals surface area contributed by atoms with Crippen molar-refractivity contribution >= 4 is 21.4 Å². The van der Waals surface area contributed by atoms with Gasteiger partial charge in [0.2, 0.25) is 10.0 Å². The molecule has 0 bridgehead atoms. The summed E-state index contributed by atoms with van der Waals surface area (Å²) >= 11 is 1.60. The minimum atomic E-state index is -3.15. The Kier molecular flexibility index (Phi) is 4.77. The Hall–Kier alpha value is -0.430. The lowest BCUT2D eigenvalue weighted by Gasteiger charge is -2.22. The number of hydrogen-bond donors (Lipinski definition) is 1. The Morgan fingerprint density at radius 2 is 2.39 bits per heavy atom. The van der Waals surface area contributed by atoms with Crippen molar-refractivity contribution in [2.75, 3.05) is 18.8 Å². The third kappa shape index (κ3) is 3.54. The van der Waals surface area contributed by atoms with E-state index in [0.29, 0.717) is 13.1 Å². The first kappa shape index (κ1) is 14.0. The molecule has 102 valence electrons. The zero-order valence-electron chi connectivity index (χ0n) is 10.6. The predicted molar refractivity (Wildman–Crippen MR) is 75.2 cm³/mol. The predicted octanol–water partition coefficient (Wildman–Crippen LogP) is 1.65. The summed E-state index contributed by atoms with van der Waals surface area (Å²) in [5.41, 5.74) is 0. The van der Waals surface area contributed by atoms with Crippen LogP contribution >= 0.6 is 11.3 Å². The molecule has 0 amide bonds. The van der Waals surface area contributed by atoms with Crippen LogP contribution in [0.1, 0.15) is 24.6 Å². The van der Waals surface area contributed by atoms with Crippen molar-refractivity contribution < 1.29 is 8.42 Å². The molecule has 1 N–H and O–H groups in total. The number of nitrogens with one attached hydrogen (secondary N) is 1. The van der Waals surface area contributed by atoms with E-state index in [1.165, 1.54) is 0 Å². The van der Waals surface area contributed by atoms with E-state index in [0.717, 1.165) is 24.3 Å². The number of sulfonamides is 1. The first-order chi connectivity index (χ1) is 8.62. The molecule has 1 aromatic heterocycles. The van der Waals surface area contributed by atoms with E-state index in [1.807, 2.05) is 24.4 Å². The lowest BCUT2D eigenvalue weighted by molar-refractivity contribution is 0.421. The van der Waals surface area contributed by atoms with Crippen LogP contribution in [0.5, 0.6) is 0 Å². The highest BCUT2D eigenvalue weighted by molar-refractivity contribution is 7.89. The summed E-state index contributed by atoms with van der Waals surface area (Å²) < 4.78 is 26.3. The maximum absolute atomic E-state index is 12.3. The molecule has 1 aromatic rings. The van der Waals surface area contributed by atoms with Gasteiger partial charge in [0.25, 0.3) is 0 Å². The maximum Gasteiger partial charge on any atom is 0.215 e. The molecule has 0 aliphatic carbocycles. The second-order valence-electron chi connectivity index (χ2n) is 4.58. The maximum atomic E-state index is 12.3. The quantitative estimate of drug-likeness (QED) is 0.866. The molecule has 1 saturated heterocycles. The van der Waals surface area contributed by atoms with E-state index in [-0.39, 0.29) is 11.8 Å². The van der Waals surface area contributed by atoms with Crippen LogP contribution in [0.15, 0.2) is 17.5 Å². The molecule has 2 heterocycles. The number of thiophene rings is 1. The average Bonchev–Trinajstić information content (AvgIpc) is 2.97. The van der Waals surface area contributed by atoms with Gasteiger partial charge in [-0.05, 0) is 30.8 Å². The van der Waals surface area contributed by atoms with Gasteiger partial charge >= 0.3 is 0 Å². The molecule has 1 atom stereocenters. The Bertz CT molecular complexity index is 450. The van der Waals surface area contributed by atoms with Crippen LogP contribution < -0.4 is 5.32 Å². The average molecular weight is 288 g/mol. The van der Waals surface area contributed by atoms with Crippen molar-refractivity contribution in [2.24, 2.45) is 0 Å². The van der Waals surface area contributed by atoms with Gasteiger partial charge in [0.05, 0.1) is 5.75 Å². The molecular weight excluding hydrogens is 268 g/mol. The Labute approximate surface area is 113 Å². The van der Waals surface area contributed by atoms with Gasteiger partial charge in [-0.3, -0.25) is 0 Å². The van der Waals surface area contributed by atoms with Crippen LogP contribution in [0.3, 0.4) is 0 Å². The summed E-state index contributed by atoms with van der Waals surface area (Å²) in [6, 6.07) is 4.07. The molecule has 1 aliphatic rings. The fourth-order valence-corrected chi connectivity index (χ4v) is 4.78. The van der Waals surface area contributed by atoms with Gasteiger partial charge in [-0.2, -0.15) is 4.31 Å². The molecule has 0 radical (unpaired) electrons. The molecule has 1 unspecified atom stereocenters. The number of rotatable bonds is 6. The minimum absolute atomic E-state index is 0.132. The highest BCUT2D eigenvalue weighted by Gasteiger charge is 2.27. The van der Waals surface area contributed by atoms with E-state index >= 15 is 0 Å². The molecular formula is C12H20N2O2S2. The van der Waals surface area contributed by atoms with Gasteiger partial charge in [0, 0.05) is 24.0 Å². The Morgan fingerprint density at radius 1 is 1.56 bits per heavy atom. The standard InChI is InChI=1S/C12H20N2O2S2/c1-2-14(9-12-6-4-8-17-12)18(15,16)10-11-5-3-7-13-11/h4,6,8,11,13H,2-3,5,7,9-10H2,1H3. The summed E-state index contributed by atoms with van der Waals surface area (Å²) in [4.78, 5) is 1.10. The summed E-state index contributed by atoms with van der Waals surface area (Å²) in [5.74, 6) is 0.228. The van der Waals surface area contributed by atoms with Crippen molar-refractivity contribution in [3.8, 4) is 0 Å². The third-order valence-electron chi connectivity index (χ3n) is 3.23. The lowest BCUT2D eigenvalue weighted by atomic mass is 10.3. The first-order valence-corrected chi connectivity index (χ1v) is 8.84. The fraction of sp³-hybridized carbons (Fsp3) is 0.667. The normalized spacial score (nSPS) is 20.7.